The van der Waals surface area contributed by atoms with Gasteiger partial charge in [0.05, 0.1) is 6.04 Å². The first-order valence-electron chi connectivity index (χ1n) is 6.75. The molecule has 1 heterocycles. The van der Waals surface area contributed by atoms with E-state index in [0.717, 1.165) is 25.1 Å². The zero-order valence-electron chi connectivity index (χ0n) is 11.5. The number of hydrogen-bond acceptors (Lipinski definition) is 2. The summed E-state index contributed by atoms with van der Waals surface area (Å²) in [5.41, 5.74) is 3.71. The van der Waals surface area contributed by atoms with Crippen LogP contribution < -0.4 is 5.32 Å². The highest BCUT2D eigenvalue weighted by atomic mass is 16.2. The highest BCUT2D eigenvalue weighted by molar-refractivity contribution is 5.77. The number of carbonyl (C=O) groups is 1. The Bertz CT molecular complexity index is 442. The van der Waals surface area contributed by atoms with Crippen molar-refractivity contribution >= 4 is 11.6 Å². The first-order chi connectivity index (χ1) is 8.69. The van der Waals surface area contributed by atoms with Gasteiger partial charge in [-0.25, -0.2) is 0 Å². The van der Waals surface area contributed by atoms with Gasteiger partial charge in [0.15, 0.2) is 0 Å². The number of amides is 1. The minimum atomic E-state index is 0.269. The molecule has 18 heavy (non-hydrogen) atoms. The van der Waals surface area contributed by atoms with Crippen molar-refractivity contribution in [2.75, 3.05) is 18.9 Å². The van der Waals surface area contributed by atoms with Crippen molar-refractivity contribution < 1.29 is 4.79 Å². The van der Waals surface area contributed by atoms with Gasteiger partial charge in [-0.1, -0.05) is 19.1 Å². The number of nitrogens with one attached hydrogen (secondary N) is 1. The largest absolute Gasteiger partial charge is 0.388 e. The fourth-order valence-corrected chi connectivity index (χ4v) is 2.88. The summed E-state index contributed by atoms with van der Waals surface area (Å²) in [7, 11) is 1.94. The van der Waals surface area contributed by atoms with E-state index in [2.05, 4.69) is 30.4 Å². The molecule has 0 aliphatic carbocycles. The zero-order valence-corrected chi connectivity index (χ0v) is 11.5. The summed E-state index contributed by atoms with van der Waals surface area (Å²) in [4.78, 5) is 14.0. The van der Waals surface area contributed by atoms with Gasteiger partial charge in [-0.3, -0.25) is 4.79 Å². The number of carbonyl (C=O) groups excluding carboxylic acids is 1. The normalized spacial score (nSPS) is 19.1. The van der Waals surface area contributed by atoms with Crippen molar-refractivity contribution in [1.82, 2.24) is 4.90 Å². The van der Waals surface area contributed by atoms with E-state index in [-0.39, 0.29) is 11.9 Å². The van der Waals surface area contributed by atoms with Gasteiger partial charge < -0.3 is 10.2 Å². The van der Waals surface area contributed by atoms with Gasteiger partial charge >= 0.3 is 0 Å². The van der Waals surface area contributed by atoms with Crippen LogP contribution in [0.15, 0.2) is 18.2 Å². The molecule has 1 aliphatic rings. The Morgan fingerprint density at radius 2 is 2.28 bits per heavy atom. The number of anilines is 1. The third-order valence-corrected chi connectivity index (χ3v) is 3.88. The lowest BCUT2D eigenvalue weighted by atomic mass is 9.97. The molecule has 1 aromatic rings. The van der Waals surface area contributed by atoms with Crippen LogP contribution in [-0.4, -0.2) is 24.4 Å². The maximum Gasteiger partial charge on any atom is 0.222 e. The summed E-state index contributed by atoms with van der Waals surface area (Å²) in [6, 6.07) is 6.58. The van der Waals surface area contributed by atoms with E-state index < -0.39 is 0 Å². The third kappa shape index (κ3) is 2.22. The molecule has 0 aromatic heterocycles. The minimum absolute atomic E-state index is 0.269. The molecule has 2 rings (SSSR count). The predicted octanol–water partition coefficient (Wildman–Crippen LogP) is 3.11. The Balaban J connectivity index is 2.33. The molecule has 0 radical (unpaired) electrons. The molecule has 1 N–H and O–H groups in total. The average molecular weight is 246 g/mol. The van der Waals surface area contributed by atoms with E-state index in [0.29, 0.717) is 6.42 Å². The number of benzene rings is 1. The number of hydrogen-bond donors (Lipinski definition) is 1. The standard InChI is InChI=1S/C15H22N2O/c1-4-15(18)17-10-6-9-14(17)12-7-5-8-13(16-3)11(12)2/h5,7-8,14,16H,4,6,9-10H2,1-3H3/t14-/m0/s1. The van der Waals surface area contributed by atoms with Crippen LogP contribution in [0.1, 0.15) is 43.4 Å². The summed E-state index contributed by atoms with van der Waals surface area (Å²) in [5, 5.41) is 3.21. The van der Waals surface area contributed by atoms with Crippen LogP contribution in [0.4, 0.5) is 5.69 Å². The zero-order chi connectivity index (χ0) is 13.1. The maximum absolute atomic E-state index is 12.0. The van der Waals surface area contributed by atoms with Gasteiger partial charge in [0.2, 0.25) is 5.91 Å². The van der Waals surface area contributed by atoms with Crippen LogP contribution in [0.5, 0.6) is 0 Å². The molecule has 0 spiro atoms. The molecule has 98 valence electrons. The molecule has 3 nitrogen and oxygen atoms in total. The Morgan fingerprint density at radius 3 is 2.94 bits per heavy atom. The fraction of sp³-hybridized carbons (Fsp3) is 0.533. The van der Waals surface area contributed by atoms with Crippen molar-refractivity contribution in [3.8, 4) is 0 Å². The molecule has 1 fully saturated rings. The van der Waals surface area contributed by atoms with Crippen molar-refractivity contribution in [3.63, 3.8) is 0 Å². The Labute approximate surface area is 109 Å². The molecule has 1 atom stereocenters. The van der Waals surface area contributed by atoms with E-state index in [1.54, 1.807) is 0 Å². The first-order valence-corrected chi connectivity index (χ1v) is 6.75. The van der Waals surface area contributed by atoms with Gasteiger partial charge in [0.1, 0.15) is 0 Å². The van der Waals surface area contributed by atoms with E-state index in [1.807, 2.05) is 18.9 Å². The van der Waals surface area contributed by atoms with Crippen molar-refractivity contribution in [3.05, 3.63) is 29.3 Å². The van der Waals surface area contributed by atoms with Crippen LogP contribution in [0.25, 0.3) is 0 Å². The lowest BCUT2D eigenvalue weighted by molar-refractivity contribution is -0.131. The molecular weight excluding hydrogens is 224 g/mol. The van der Waals surface area contributed by atoms with Crippen LogP contribution in [0, 0.1) is 6.92 Å². The monoisotopic (exact) mass is 246 g/mol. The summed E-state index contributed by atoms with van der Waals surface area (Å²) in [5.74, 6) is 0.270. The van der Waals surface area contributed by atoms with E-state index in [4.69, 9.17) is 0 Å². The summed E-state index contributed by atoms with van der Waals surface area (Å²) in [6.45, 7) is 4.98. The van der Waals surface area contributed by atoms with E-state index in [9.17, 15) is 4.79 Å². The molecule has 0 saturated carbocycles. The smallest absolute Gasteiger partial charge is 0.222 e. The summed E-state index contributed by atoms with van der Waals surface area (Å²) in [6.07, 6.45) is 2.79. The molecule has 0 unspecified atom stereocenters. The van der Waals surface area contributed by atoms with Crippen LogP contribution in [0.3, 0.4) is 0 Å². The SMILES string of the molecule is CCC(=O)N1CCC[C@H]1c1cccc(NC)c1C. The quantitative estimate of drug-likeness (QED) is 0.888. The lowest BCUT2D eigenvalue weighted by Crippen LogP contribution is -2.30. The molecular formula is C15H22N2O. The second-order valence-electron chi connectivity index (χ2n) is 4.87. The van der Waals surface area contributed by atoms with Gasteiger partial charge in [0, 0.05) is 25.7 Å². The molecule has 1 saturated heterocycles. The van der Waals surface area contributed by atoms with Gasteiger partial charge in [0.25, 0.3) is 0 Å². The summed E-state index contributed by atoms with van der Waals surface area (Å²) >= 11 is 0. The second-order valence-corrected chi connectivity index (χ2v) is 4.87. The Morgan fingerprint density at radius 1 is 1.50 bits per heavy atom. The molecule has 0 bridgehead atoms. The van der Waals surface area contributed by atoms with Gasteiger partial charge in [-0.05, 0) is 37.0 Å². The van der Waals surface area contributed by atoms with Crippen LogP contribution in [-0.2, 0) is 4.79 Å². The highest BCUT2D eigenvalue weighted by Crippen LogP contribution is 2.35. The van der Waals surface area contributed by atoms with E-state index >= 15 is 0 Å². The van der Waals surface area contributed by atoms with Gasteiger partial charge in [-0.2, -0.15) is 0 Å². The van der Waals surface area contributed by atoms with E-state index in [1.165, 1.54) is 11.1 Å². The molecule has 1 amide bonds. The fourth-order valence-electron chi connectivity index (χ4n) is 2.88. The van der Waals surface area contributed by atoms with Crippen molar-refractivity contribution in [2.24, 2.45) is 0 Å². The Kier molecular flexibility index (Phi) is 3.90. The molecule has 1 aromatic carbocycles. The second kappa shape index (κ2) is 5.42. The molecule has 3 heteroatoms. The van der Waals surface area contributed by atoms with Crippen molar-refractivity contribution in [2.45, 2.75) is 39.2 Å². The van der Waals surface area contributed by atoms with Gasteiger partial charge in [-0.15, -0.1) is 0 Å². The maximum atomic E-state index is 12.0. The lowest BCUT2D eigenvalue weighted by Gasteiger charge is -2.26. The van der Waals surface area contributed by atoms with Crippen molar-refractivity contribution in [1.29, 1.82) is 0 Å². The van der Waals surface area contributed by atoms with Crippen LogP contribution in [0.2, 0.25) is 0 Å². The van der Waals surface area contributed by atoms with Crippen LogP contribution >= 0.6 is 0 Å². The number of nitrogens with zero attached hydrogens (tertiary/aromatic N) is 1. The first kappa shape index (κ1) is 12.9. The highest BCUT2D eigenvalue weighted by Gasteiger charge is 2.30. The average Bonchev–Trinajstić information content (AvgIpc) is 2.87. The third-order valence-electron chi connectivity index (χ3n) is 3.88. The topological polar surface area (TPSA) is 32.3 Å². The Hall–Kier alpha value is -1.51. The minimum Gasteiger partial charge on any atom is -0.388 e. The number of rotatable bonds is 3. The molecule has 1 aliphatic heterocycles. The predicted molar refractivity (Wildman–Crippen MR) is 74.7 cm³/mol. The summed E-state index contributed by atoms with van der Waals surface area (Å²) < 4.78 is 0. The number of likely N-dealkylation sites (tertiary alicyclic amines) is 1.